The van der Waals surface area contributed by atoms with Crippen LogP contribution in [0.15, 0.2) is 0 Å². The molecule has 18 heavy (non-hydrogen) atoms. The molecule has 1 unspecified atom stereocenters. The van der Waals surface area contributed by atoms with Gasteiger partial charge in [-0.3, -0.25) is 0 Å². The van der Waals surface area contributed by atoms with Crippen molar-refractivity contribution in [1.82, 2.24) is 10.2 Å². The summed E-state index contributed by atoms with van der Waals surface area (Å²) in [4.78, 5) is 24.9. The minimum absolute atomic E-state index is 0.0292. The molecule has 0 spiro atoms. The van der Waals surface area contributed by atoms with Crippen molar-refractivity contribution in [1.29, 1.82) is 0 Å². The van der Waals surface area contributed by atoms with Gasteiger partial charge in [0.1, 0.15) is 0 Å². The van der Waals surface area contributed by atoms with Gasteiger partial charge in [0, 0.05) is 32.2 Å². The molecule has 0 aromatic heterocycles. The van der Waals surface area contributed by atoms with Gasteiger partial charge in [0.15, 0.2) is 5.54 Å². The van der Waals surface area contributed by atoms with Crippen LogP contribution in [0.4, 0.5) is 4.79 Å². The van der Waals surface area contributed by atoms with E-state index in [0.29, 0.717) is 26.1 Å². The van der Waals surface area contributed by atoms with Crippen LogP contribution in [0, 0.1) is 0 Å². The number of hydrogen-bond acceptors (Lipinski definition) is 4. The van der Waals surface area contributed by atoms with Crippen LogP contribution < -0.4 is 11.1 Å². The molecule has 2 saturated heterocycles. The fraction of sp³-hybridized carbons (Fsp3) is 0.818. The highest BCUT2D eigenvalue weighted by atomic mass is 16.5. The summed E-state index contributed by atoms with van der Waals surface area (Å²) in [6.07, 6.45) is 1.81. The first-order chi connectivity index (χ1) is 8.53. The standard InChI is InChI=1S/C11H19N3O4/c12-8-1-4-14(5-2-8)10(17)13-11(9(15)16)3-6-18-7-11/h8H,1-7,12H2,(H,13,17)(H,15,16). The Hall–Kier alpha value is -1.34. The minimum atomic E-state index is -1.27. The van der Waals surface area contributed by atoms with Crippen molar-refractivity contribution >= 4 is 12.0 Å². The molecule has 2 heterocycles. The predicted octanol–water partition coefficient (Wildman–Crippen LogP) is -0.637. The van der Waals surface area contributed by atoms with Crippen molar-refractivity contribution in [3.8, 4) is 0 Å². The molecule has 1 atom stereocenters. The third kappa shape index (κ3) is 2.56. The van der Waals surface area contributed by atoms with E-state index < -0.39 is 11.5 Å². The fourth-order valence-electron chi connectivity index (χ4n) is 2.27. The van der Waals surface area contributed by atoms with Crippen molar-refractivity contribution in [2.75, 3.05) is 26.3 Å². The first kappa shape index (κ1) is 13.1. The summed E-state index contributed by atoms with van der Waals surface area (Å²) in [5.41, 5.74) is 4.50. The summed E-state index contributed by atoms with van der Waals surface area (Å²) in [5, 5.41) is 11.8. The van der Waals surface area contributed by atoms with Crippen molar-refractivity contribution in [3.63, 3.8) is 0 Å². The summed E-state index contributed by atoms with van der Waals surface area (Å²) in [5.74, 6) is -1.04. The van der Waals surface area contributed by atoms with E-state index >= 15 is 0 Å². The normalized spacial score (nSPS) is 29.3. The van der Waals surface area contributed by atoms with Crippen LogP contribution in [-0.2, 0) is 9.53 Å². The Morgan fingerprint density at radius 1 is 1.39 bits per heavy atom. The highest BCUT2D eigenvalue weighted by molar-refractivity contribution is 5.86. The number of aliphatic carboxylic acids is 1. The third-order valence-corrected chi connectivity index (χ3v) is 3.60. The molecule has 0 aromatic rings. The number of piperidine rings is 1. The van der Waals surface area contributed by atoms with E-state index in [1.54, 1.807) is 4.90 Å². The predicted molar refractivity (Wildman–Crippen MR) is 63.1 cm³/mol. The lowest BCUT2D eigenvalue weighted by Gasteiger charge is -2.33. The van der Waals surface area contributed by atoms with Crippen LogP contribution in [-0.4, -0.2) is 59.9 Å². The number of rotatable bonds is 2. The lowest BCUT2D eigenvalue weighted by atomic mass is 9.99. The van der Waals surface area contributed by atoms with E-state index in [2.05, 4.69) is 5.32 Å². The van der Waals surface area contributed by atoms with E-state index in [1.165, 1.54) is 0 Å². The molecule has 0 aromatic carbocycles. The van der Waals surface area contributed by atoms with Crippen molar-refractivity contribution < 1.29 is 19.4 Å². The van der Waals surface area contributed by atoms with Gasteiger partial charge in [0.05, 0.1) is 6.61 Å². The van der Waals surface area contributed by atoms with Gasteiger partial charge in [-0.2, -0.15) is 0 Å². The Labute approximate surface area is 105 Å². The average molecular weight is 257 g/mol. The maximum absolute atomic E-state index is 12.0. The number of carbonyl (C=O) groups is 2. The lowest BCUT2D eigenvalue weighted by Crippen LogP contribution is -2.59. The zero-order valence-corrected chi connectivity index (χ0v) is 10.2. The first-order valence-corrected chi connectivity index (χ1v) is 6.17. The third-order valence-electron chi connectivity index (χ3n) is 3.60. The number of nitrogens with two attached hydrogens (primary N) is 1. The van der Waals surface area contributed by atoms with E-state index in [-0.39, 0.29) is 18.7 Å². The van der Waals surface area contributed by atoms with Crippen LogP contribution in [0.5, 0.6) is 0 Å². The lowest BCUT2D eigenvalue weighted by molar-refractivity contribution is -0.144. The highest BCUT2D eigenvalue weighted by Gasteiger charge is 2.44. The number of carbonyl (C=O) groups excluding carboxylic acids is 1. The van der Waals surface area contributed by atoms with Gasteiger partial charge in [0.2, 0.25) is 0 Å². The topological polar surface area (TPSA) is 105 Å². The number of carboxylic acid groups (broad SMARTS) is 1. The summed E-state index contributed by atoms with van der Waals surface area (Å²) in [6.45, 7) is 1.53. The van der Waals surface area contributed by atoms with Crippen molar-refractivity contribution in [2.24, 2.45) is 5.73 Å². The number of nitrogens with zero attached hydrogens (tertiary/aromatic N) is 1. The fourth-order valence-corrected chi connectivity index (χ4v) is 2.27. The number of nitrogens with one attached hydrogen (secondary N) is 1. The zero-order valence-electron chi connectivity index (χ0n) is 10.2. The molecule has 0 aliphatic carbocycles. The van der Waals surface area contributed by atoms with Crippen LogP contribution >= 0.6 is 0 Å². The largest absolute Gasteiger partial charge is 0.479 e. The van der Waals surface area contributed by atoms with Crippen molar-refractivity contribution in [3.05, 3.63) is 0 Å². The van der Waals surface area contributed by atoms with Gasteiger partial charge in [-0.05, 0) is 12.8 Å². The maximum Gasteiger partial charge on any atom is 0.332 e. The van der Waals surface area contributed by atoms with Crippen LogP contribution in [0.2, 0.25) is 0 Å². The monoisotopic (exact) mass is 257 g/mol. The zero-order chi connectivity index (χ0) is 13.2. The number of carboxylic acids is 1. The van der Waals surface area contributed by atoms with Gasteiger partial charge in [0.25, 0.3) is 0 Å². The van der Waals surface area contributed by atoms with Crippen molar-refractivity contribution in [2.45, 2.75) is 30.8 Å². The Kier molecular flexibility index (Phi) is 3.72. The molecule has 2 fully saturated rings. The van der Waals surface area contributed by atoms with E-state index in [9.17, 15) is 14.7 Å². The van der Waals surface area contributed by atoms with Crippen LogP contribution in [0.25, 0.3) is 0 Å². The van der Waals surface area contributed by atoms with E-state index in [0.717, 1.165) is 12.8 Å². The molecule has 2 aliphatic rings. The van der Waals surface area contributed by atoms with E-state index in [1.807, 2.05) is 0 Å². The van der Waals surface area contributed by atoms with Gasteiger partial charge in [-0.25, -0.2) is 9.59 Å². The second-order valence-electron chi connectivity index (χ2n) is 4.94. The molecule has 0 bridgehead atoms. The molecule has 2 amide bonds. The number of ether oxygens (including phenoxy) is 1. The molecule has 7 nitrogen and oxygen atoms in total. The second-order valence-corrected chi connectivity index (χ2v) is 4.94. The second kappa shape index (κ2) is 5.11. The van der Waals surface area contributed by atoms with E-state index in [4.69, 9.17) is 10.5 Å². The van der Waals surface area contributed by atoms with Gasteiger partial charge >= 0.3 is 12.0 Å². The molecule has 0 saturated carbocycles. The molecule has 102 valence electrons. The number of hydrogen-bond donors (Lipinski definition) is 3. The molecule has 0 radical (unpaired) electrons. The molecule has 2 aliphatic heterocycles. The van der Waals surface area contributed by atoms with Gasteiger partial charge in [-0.1, -0.05) is 0 Å². The van der Waals surface area contributed by atoms with Gasteiger partial charge < -0.3 is 25.8 Å². The summed E-state index contributed by atoms with van der Waals surface area (Å²) < 4.78 is 5.09. The Morgan fingerprint density at radius 3 is 2.56 bits per heavy atom. The maximum atomic E-state index is 12.0. The van der Waals surface area contributed by atoms with Crippen LogP contribution in [0.1, 0.15) is 19.3 Å². The molecule has 7 heteroatoms. The first-order valence-electron chi connectivity index (χ1n) is 6.17. The number of likely N-dealkylation sites (tertiary alicyclic amines) is 1. The Morgan fingerprint density at radius 2 is 2.06 bits per heavy atom. The van der Waals surface area contributed by atoms with Gasteiger partial charge in [-0.15, -0.1) is 0 Å². The number of urea groups is 1. The van der Waals surface area contributed by atoms with Crippen LogP contribution in [0.3, 0.4) is 0 Å². The average Bonchev–Trinajstić information content (AvgIpc) is 2.79. The SMILES string of the molecule is NC1CCN(C(=O)NC2(C(=O)O)CCOC2)CC1. The summed E-state index contributed by atoms with van der Waals surface area (Å²) in [7, 11) is 0. The number of amides is 2. The quantitative estimate of drug-likeness (QED) is 0.610. The summed E-state index contributed by atoms with van der Waals surface area (Å²) >= 11 is 0. The smallest absolute Gasteiger partial charge is 0.332 e. The highest BCUT2D eigenvalue weighted by Crippen LogP contribution is 2.20. The minimum Gasteiger partial charge on any atom is -0.479 e. The molecule has 2 rings (SSSR count). The summed E-state index contributed by atoms with van der Waals surface area (Å²) in [6, 6.07) is -0.202. The Bertz CT molecular complexity index is 333. The molecular weight excluding hydrogens is 238 g/mol. The molecular formula is C11H19N3O4. The Balaban J connectivity index is 1.95. The molecule has 4 N–H and O–H groups in total.